The molecule has 0 saturated heterocycles. The highest BCUT2D eigenvalue weighted by Crippen LogP contribution is 2.23. The van der Waals surface area contributed by atoms with Gasteiger partial charge in [0.25, 0.3) is 0 Å². The van der Waals surface area contributed by atoms with Gasteiger partial charge in [-0.15, -0.1) is 0 Å². The second-order valence-corrected chi connectivity index (χ2v) is 9.24. The van der Waals surface area contributed by atoms with Crippen LogP contribution in [0.5, 0.6) is 0 Å². The van der Waals surface area contributed by atoms with Gasteiger partial charge in [-0.3, -0.25) is 9.59 Å². The lowest BCUT2D eigenvalue weighted by Gasteiger charge is -2.31. The van der Waals surface area contributed by atoms with Crippen LogP contribution in [-0.4, -0.2) is 28.3 Å². The molecule has 156 valence electrons. The summed E-state index contributed by atoms with van der Waals surface area (Å²) in [5.41, 5.74) is 1.21. The van der Waals surface area contributed by atoms with Crippen molar-refractivity contribution >= 4 is 46.6 Å². The minimum Gasteiger partial charge on any atom is -0.350 e. The molecule has 0 unspecified atom stereocenters. The van der Waals surface area contributed by atoms with E-state index in [1.165, 1.54) is 0 Å². The van der Waals surface area contributed by atoms with Crippen LogP contribution in [0, 0.1) is 0 Å². The monoisotopic (exact) mass is 454 g/mol. The Morgan fingerprint density at radius 1 is 0.966 bits per heavy atom. The maximum absolute atomic E-state index is 13.1. The van der Waals surface area contributed by atoms with Crippen LogP contribution in [0.2, 0.25) is 15.1 Å². The molecule has 7 heteroatoms. The summed E-state index contributed by atoms with van der Waals surface area (Å²) in [7, 11) is 0. The number of benzene rings is 2. The van der Waals surface area contributed by atoms with E-state index in [-0.39, 0.29) is 24.8 Å². The van der Waals surface area contributed by atoms with E-state index in [0.717, 1.165) is 11.1 Å². The summed E-state index contributed by atoms with van der Waals surface area (Å²) in [6, 6.07) is 11.6. The fourth-order valence-corrected chi connectivity index (χ4v) is 3.22. The Balaban J connectivity index is 2.26. The number of carbonyl (C=O) groups excluding carboxylic acids is 2. The molecule has 1 N–H and O–H groups in total. The van der Waals surface area contributed by atoms with Crippen molar-refractivity contribution in [1.29, 1.82) is 0 Å². The van der Waals surface area contributed by atoms with Crippen LogP contribution in [0.15, 0.2) is 42.5 Å². The van der Waals surface area contributed by atoms with Crippen molar-refractivity contribution in [2.75, 3.05) is 0 Å². The van der Waals surface area contributed by atoms with Crippen LogP contribution in [-0.2, 0) is 22.6 Å². The van der Waals surface area contributed by atoms with Gasteiger partial charge in [-0.1, -0.05) is 53.0 Å². The first-order valence-corrected chi connectivity index (χ1v) is 10.4. The van der Waals surface area contributed by atoms with Crippen LogP contribution in [0.1, 0.15) is 38.8 Å². The molecule has 0 aliphatic heterocycles. The second kappa shape index (κ2) is 9.84. The summed E-state index contributed by atoms with van der Waals surface area (Å²) in [6.07, 6.45) is 0.109. The fourth-order valence-electron chi connectivity index (χ4n) is 2.77. The van der Waals surface area contributed by atoms with E-state index in [4.69, 9.17) is 34.8 Å². The first-order chi connectivity index (χ1) is 13.5. The minimum atomic E-state index is -0.653. The standard InChI is InChI=1S/C22H25Cl3N2O2/c1-14(21(29)26-22(2,3)4)27(13-15-5-8-17(23)9-6-15)20(28)12-16-7-10-18(24)19(25)11-16/h5-11,14H,12-13H2,1-4H3,(H,26,29)/t14-/m0/s1. The highest BCUT2D eigenvalue weighted by atomic mass is 35.5. The highest BCUT2D eigenvalue weighted by molar-refractivity contribution is 6.42. The molecular formula is C22H25Cl3N2O2. The Bertz CT molecular complexity index is 877. The van der Waals surface area contributed by atoms with Crippen molar-refractivity contribution in [3.05, 3.63) is 68.7 Å². The Kier molecular flexibility index (Phi) is 7.98. The predicted molar refractivity (Wildman–Crippen MR) is 120 cm³/mol. The first kappa shape index (κ1) is 23.5. The molecule has 2 rings (SSSR count). The molecule has 0 spiro atoms. The molecule has 0 aromatic heterocycles. The zero-order valence-corrected chi connectivity index (χ0v) is 19.2. The lowest BCUT2D eigenvalue weighted by atomic mass is 10.1. The molecule has 0 radical (unpaired) electrons. The van der Waals surface area contributed by atoms with Gasteiger partial charge in [-0.25, -0.2) is 0 Å². The summed E-state index contributed by atoms with van der Waals surface area (Å²) in [4.78, 5) is 27.4. The van der Waals surface area contributed by atoms with E-state index in [9.17, 15) is 9.59 Å². The average molecular weight is 456 g/mol. The van der Waals surface area contributed by atoms with Gasteiger partial charge in [-0.05, 0) is 63.1 Å². The van der Waals surface area contributed by atoms with E-state index in [0.29, 0.717) is 15.1 Å². The molecule has 2 aromatic rings. The topological polar surface area (TPSA) is 49.4 Å². The molecule has 0 heterocycles. The van der Waals surface area contributed by atoms with Gasteiger partial charge in [0, 0.05) is 17.1 Å². The molecule has 29 heavy (non-hydrogen) atoms. The van der Waals surface area contributed by atoms with Gasteiger partial charge >= 0.3 is 0 Å². The van der Waals surface area contributed by atoms with Crippen molar-refractivity contribution in [3.8, 4) is 0 Å². The van der Waals surface area contributed by atoms with Crippen molar-refractivity contribution in [1.82, 2.24) is 10.2 Å². The number of nitrogens with one attached hydrogen (secondary N) is 1. The molecule has 1 atom stereocenters. The van der Waals surface area contributed by atoms with Gasteiger partial charge in [0.1, 0.15) is 6.04 Å². The number of carbonyl (C=O) groups is 2. The van der Waals surface area contributed by atoms with Crippen LogP contribution < -0.4 is 5.32 Å². The van der Waals surface area contributed by atoms with Crippen molar-refractivity contribution in [2.24, 2.45) is 0 Å². The zero-order chi connectivity index (χ0) is 21.8. The van der Waals surface area contributed by atoms with Crippen molar-refractivity contribution in [2.45, 2.75) is 52.2 Å². The van der Waals surface area contributed by atoms with E-state index >= 15 is 0 Å². The van der Waals surface area contributed by atoms with Gasteiger partial charge in [0.2, 0.25) is 11.8 Å². The van der Waals surface area contributed by atoms with E-state index < -0.39 is 11.6 Å². The van der Waals surface area contributed by atoms with Gasteiger partial charge in [0.15, 0.2) is 0 Å². The Morgan fingerprint density at radius 2 is 1.55 bits per heavy atom. The Labute approximate surface area is 187 Å². The summed E-state index contributed by atoms with van der Waals surface area (Å²) >= 11 is 18.0. The molecule has 0 aliphatic carbocycles. The maximum atomic E-state index is 13.1. The van der Waals surface area contributed by atoms with Crippen LogP contribution in [0.25, 0.3) is 0 Å². The van der Waals surface area contributed by atoms with Crippen LogP contribution in [0.4, 0.5) is 0 Å². The quantitative estimate of drug-likeness (QED) is 0.623. The smallest absolute Gasteiger partial charge is 0.242 e. The van der Waals surface area contributed by atoms with E-state index in [1.54, 1.807) is 42.2 Å². The molecular weight excluding hydrogens is 431 g/mol. The second-order valence-electron chi connectivity index (χ2n) is 7.99. The van der Waals surface area contributed by atoms with Gasteiger partial charge < -0.3 is 10.2 Å². The molecule has 0 fully saturated rings. The predicted octanol–water partition coefficient (Wildman–Crippen LogP) is 5.52. The number of rotatable bonds is 6. The third-order valence-electron chi connectivity index (χ3n) is 4.27. The third-order valence-corrected chi connectivity index (χ3v) is 5.26. The van der Waals surface area contributed by atoms with Crippen molar-refractivity contribution < 1.29 is 9.59 Å². The Hall–Kier alpha value is -1.75. The number of hydrogen-bond donors (Lipinski definition) is 1. The molecule has 2 amide bonds. The summed E-state index contributed by atoms with van der Waals surface area (Å²) in [6.45, 7) is 7.72. The number of amides is 2. The molecule has 0 aliphatic rings. The SMILES string of the molecule is C[C@@H](C(=O)NC(C)(C)C)N(Cc1ccc(Cl)cc1)C(=O)Cc1ccc(Cl)c(Cl)c1. The van der Waals surface area contributed by atoms with Crippen LogP contribution >= 0.6 is 34.8 Å². The number of halogens is 3. The number of hydrogen-bond acceptors (Lipinski definition) is 2. The summed E-state index contributed by atoms with van der Waals surface area (Å²) in [5, 5.41) is 4.37. The third kappa shape index (κ3) is 7.22. The van der Waals surface area contributed by atoms with Gasteiger partial charge in [0.05, 0.1) is 16.5 Å². The van der Waals surface area contributed by atoms with Crippen LogP contribution in [0.3, 0.4) is 0 Å². The lowest BCUT2D eigenvalue weighted by Crippen LogP contribution is -2.52. The largest absolute Gasteiger partial charge is 0.350 e. The lowest BCUT2D eigenvalue weighted by molar-refractivity contribution is -0.140. The number of nitrogens with zero attached hydrogens (tertiary/aromatic N) is 1. The van der Waals surface area contributed by atoms with Crippen molar-refractivity contribution in [3.63, 3.8) is 0 Å². The molecule has 0 bridgehead atoms. The normalized spacial score (nSPS) is 12.4. The zero-order valence-electron chi connectivity index (χ0n) is 16.9. The fraction of sp³-hybridized carbons (Fsp3) is 0.364. The van der Waals surface area contributed by atoms with Gasteiger partial charge in [-0.2, -0.15) is 0 Å². The highest BCUT2D eigenvalue weighted by Gasteiger charge is 2.28. The Morgan fingerprint density at radius 3 is 2.10 bits per heavy atom. The van der Waals surface area contributed by atoms with E-state index in [1.807, 2.05) is 32.9 Å². The first-order valence-electron chi connectivity index (χ1n) is 9.26. The maximum Gasteiger partial charge on any atom is 0.242 e. The molecule has 0 saturated carbocycles. The summed E-state index contributed by atoms with van der Waals surface area (Å²) in [5.74, 6) is -0.399. The molecule has 4 nitrogen and oxygen atoms in total. The minimum absolute atomic E-state index is 0.109. The van der Waals surface area contributed by atoms with E-state index in [2.05, 4.69) is 5.32 Å². The molecule has 2 aromatic carbocycles. The summed E-state index contributed by atoms with van der Waals surface area (Å²) < 4.78 is 0. The average Bonchev–Trinajstić information content (AvgIpc) is 2.62.